The van der Waals surface area contributed by atoms with E-state index in [4.69, 9.17) is 5.26 Å². The van der Waals surface area contributed by atoms with Crippen molar-refractivity contribution >= 4 is 23.1 Å². The van der Waals surface area contributed by atoms with Crippen molar-refractivity contribution in [3.63, 3.8) is 0 Å². The van der Waals surface area contributed by atoms with Gasteiger partial charge < -0.3 is 5.21 Å². The molecule has 28 heavy (non-hydrogen) atoms. The van der Waals surface area contributed by atoms with Crippen LogP contribution >= 0.6 is 0 Å². The average Bonchev–Trinajstić information content (AvgIpc) is 2.73. The lowest BCUT2D eigenvalue weighted by atomic mass is 10.1. The normalized spacial score (nSPS) is 11.0. The maximum atomic E-state index is 13.1. The first kappa shape index (κ1) is 17.2. The van der Waals surface area contributed by atoms with Crippen LogP contribution in [0.3, 0.4) is 0 Å². The molecule has 0 aliphatic carbocycles. The van der Waals surface area contributed by atoms with Gasteiger partial charge in [-0.2, -0.15) is 9.99 Å². The number of nitriles is 1. The third-order valence-corrected chi connectivity index (χ3v) is 4.28. The monoisotopic (exact) mass is 366 g/mol. The van der Waals surface area contributed by atoms with E-state index in [-0.39, 0.29) is 5.56 Å². The highest BCUT2D eigenvalue weighted by Gasteiger charge is 2.12. The molecule has 0 saturated carbocycles. The van der Waals surface area contributed by atoms with Crippen LogP contribution in [-0.4, -0.2) is 9.55 Å². The Balaban J connectivity index is 1.90. The van der Waals surface area contributed by atoms with E-state index >= 15 is 0 Å². The van der Waals surface area contributed by atoms with Gasteiger partial charge in [-0.15, -0.1) is 0 Å². The third-order valence-electron chi connectivity index (χ3n) is 4.28. The zero-order valence-corrected chi connectivity index (χ0v) is 14.7. The SMILES string of the molecule is N#Cc1ccc(/C=C/c2nc3ccccc3c(=O)n2-c2ccc[n+]([O-])c2)cc1. The van der Waals surface area contributed by atoms with Gasteiger partial charge in [0, 0.05) is 6.07 Å². The van der Waals surface area contributed by atoms with Crippen LogP contribution in [0, 0.1) is 16.5 Å². The van der Waals surface area contributed by atoms with E-state index < -0.39 is 0 Å². The number of aromatic nitrogens is 3. The van der Waals surface area contributed by atoms with Crippen molar-refractivity contribution in [1.82, 2.24) is 9.55 Å². The van der Waals surface area contributed by atoms with Gasteiger partial charge >= 0.3 is 0 Å². The van der Waals surface area contributed by atoms with E-state index in [2.05, 4.69) is 11.1 Å². The van der Waals surface area contributed by atoms with Crippen molar-refractivity contribution < 1.29 is 4.73 Å². The van der Waals surface area contributed by atoms with Crippen molar-refractivity contribution in [1.29, 1.82) is 5.26 Å². The Bertz CT molecular complexity index is 1300. The van der Waals surface area contributed by atoms with Gasteiger partial charge in [0.2, 0.25) is 6.20 Å². The van der Waals surface area contributed by atoms with Gasteiger partial charge in [-0.1, -0.05) is 30.3 Å². The quantitative estimate of drug-likeness (QED) is 0.412. The summed E-state index contributed by atoms with van der Waals surface area (Å²) in [4.78, 5) is 17.7. The van der Waals surface area contributed by atoms with Crippen molar-refractivity contribution in [3.05, 3.63) is 106 Å². The molecular formula is C22H14N4O2. The fraction of sp³-hybridized carbons (Fsp3) is 0. The average molecular weight is 366 g/mol. The zero-order valence-electron chi connectivity index (χ0n) is 14.7. The molecule has 0 saturated heterocycles. The van der Waals surface area contributed by atoms with Crippen LogP contribution in [0.4, 0.5) is 0 Å². The standard InChI is InChI=1S/C22H14N4O2/c23-14-17-9-7-16(8-10-17)11-12-21-24-20-6-2-1-5-19(20)22(27)26(21)18-4-3-13-25(28)15-18/h1-13,15H/b12-11+. The summed E-state index contributed by atoms with van der Waals surface area (Å²) in [6, 6.07) is 19.5. The van der Waals surface area contributed by atoms with Crippen LogP contribution in [0.1, 0.15) is 17.0 Å². The number of para-hydroxylation sites is 1. The second-order valence-corrected chi connectivity index (χ2v) is 6.12. The van der Waals surface area contributed by atoms with E-state index in [0.29, 0.717) is 32.7 Å². The largest absolute Gasteiger partial charge is 0.619 e. The molecule has 0 unspecified atom stereocenters. The topological polar surface area (TPSA) is 85.6 Å². The van der Waals surface area contributed by atoms with Crippen LogP contribution in [-0.2, 0) is 0 Å². The Labute approximate surface area is 160 Å². The molecule has 6 heteroatoms. The highest BCUT2D eigenvalue weighted by atomic mass is 16.5. The molecule has 0 atom stereocenters. The lowest BCUT2D eigenvalue weighted by molar-refractivity contribution is -0.605. The molecule has 0 bridgehead atoms. The molecule has 4 aromatic rings. The van der Waals surface area contributed by atoms with Crippen molar-refractivity contribution in [2.75, 3.05) is 0 Å². The number of rotatable bonds is 3. The zero-order chi connectivity index (χ0) is 19.5. The van der Waals surface area contributed by atoms with Crippen molar-refractivity contribution in [2.45, 2.75) is 0 Å². The highest BCUT2D eigenvalue weighted by molar-refractivity contribution is 5.80. The smallest absolute Gasteiger partial charge is 0.266 e. The van der Waals surface area contributed by atoms with Crippen molar-refractivity contribution in [3.8, 4) is 11.8 Å². The third kappa shape index (κ3) is 3.24. The molecular weight excluding hydrogens is 352 g/mol. The molecule has 0 fully saturated rings. The molecule has 0 aliphatic heterocycles. The predicted octanol–water partition coefficient (Wildman–Crippen LogP) is 3.06. The maximum Gasteiger partial charge on any atom is 0.266 e. The minimum absolute atomic E-state index is 0.253. The van der Waals surface area contributed by atoms with Gasteiger partial charge in [0.05, 0.1) is 22.5 Å². The van der Waals surface area contributed by atoms with Crippen molar-refractivity contribution in [2.24, 2.45) is 0 Å². The number of hydrogen-bond donors (Lipinski definition) is 0. The minimum atomic E-state index is -0.253. The predicted molar refractivity (Wildman–Crippen MR) is 106 cm³/mol. The maximum absolute atomic E-state index is 13.1. The van der Waals surface area contributed by atoms with E-state index in [9.17, 15) is 10.0 Å². The number of benzene rings is 2. The molecule has 2 heterocycles. The first-order valence-corrected chi connectivity index (χ1v) is 8.55. The fourth-order valence-electron chi connectivity index (χ4n) is 2.93. The minimum Gasteiger partial charge on any atom is -0.619 e. The first-order chi connectivity index (χ1) is 13.7. The highest BCUT2D eigenvalue weighted by Crippen LogP contribution is 2.15. The number of fused-ring (bicyclic) bond motifs is 1. The molecule has 0 spiro atoms. The summed E-state index contributed by atoms with van der Waals surface area (Å²) in [7, 11) is 0. The summed E-state index contributed by atoms with van der Waals surface area (Å²) in [6.45, 7) is 0. The van der Waals surface area contributed by atoms with E-state index in [1.54, 1.807) is 48.5 Å². The fourth-order valence-corrected chi connectivity index (χ4v) is 2.93. The van der Waals surface area contributed by atoms with Gasteiger partial charge in [-0.25, -0.2) is 4.98 Å². The Kier molecular flexibility index (Phi) is 4.40. The van der Waals surface area contributed by atoms with E-state index in [1.807, 2.05) is 24.3 Å². The van der Waals surface area contributed by atoms with Crippen LogP contribution in [0.5, 0.6) is 0 Å². The summed E-state index contributed by atoms with van der Waals surface area (Å²) >= 11 is 0. The summed E-state index contributed by atoms with van der Waals surface area (Å²) < 4.78 is 2.06. The molecule has 0 N–H and O–H groups in total. The van der Waals surface area contributed by atoms with Crippen LogP contribution in [0.2, 0.25) is 0 Å². The van der Waals surface area contributed by atoms with E-state index in [1.165, 1.54) is 17.0 Å². The Hall–Kier alpha value is -4.24. The second-order valence-electron chi connectivity index (χ2n) is 6.12. The lowest BCUT2D eigenvalue weighted by Crippen LogP contribution is -2.29. The van der Waals surface area contributed by atoms with E-state index in [0.717, 1.165) is 5.56 Å². The molecule has 0 aliphatic rings. The Morgan fingerprint density at radius 2 is 1.82 bits per heavy atom. The summed E-state index contributed by atoms with van der Waals surface area (Å²) in [5.74, 6) is 0.402. The lowest BCUT2D eigenvalue weighted by Gasteiger charge is -2.10. The summed E-state index contributed by atoms with van der Waals surface area (Å²) in [5.41, 5.74) is 2.19. The summed E-state index contributed by atoms with van der Waals surface area (Å²) in [5, 5.41) is 21.1. The number of hydrogen-bond acceptors (Lipinski definition) is 4. The number of pyridine rings is 1. The Morgan fingerprint density at radius 3 is 2.57 bits per heavy atom. The van der Waals surface area contributed by atoms with Gasteiger partial charge in [-0.05, 0) is 42.0 Å². The number of nitrogens with zero attached hydrogens (tertiary/aromatic N) is 4. The molecule has 0 radical (unpaired) electrons. The van der Waals surface area contributed by atoms with Gasteiger partial charge in [0.15, 0.2) is 6.20 Å². The van der Waals surface area contributed by atoms with Crippen LogP contribution < -0.4 is 10.3 Å². The van der Waals surface area contributed by atoms with Gasteiger partial charge in [-0.3, -0.25) is 9.36 Å². The van der Waals surface area contributed by atoms with Crippen LogP contribution in [0.25, 0.3) is 28.7 Å². The molecule has 2 aromatic heterocycles. The first-order valence-electron chi connectivity index (χ1n) is 8.55. The molecule has 134 valence electrons. The molecule has 2 aromatic carbocycles. The molecule has 4 rings (SSSR count). The Morgan fingerprint density at radius 1 is 1.04 bits per heavy atom. The van der Waals surface area contributed by atoms with Crippen LogP contribution in [0.15, 0.2) is 77.9 Å². The molecule has 0 amide bonds. The summed E-state index contributed by atoms with van der Waals surface area (Å²) in [6.07, 6.45) is 6.21. The second kappa shape index (κ2) is 7.17. The van der Waals surface area contributed by atoms with Gasteiger partial charge in [0.1, 0.15) is 11.5 Å². The van der Waals surface area contributed by atoms with Gasteiger partial charge in [0.25, 0.3) is 5.56 Å². The molecule has 6 nitrogen and oxygen atoms in total.